The van der Waals surface area contributed by atoms with Gasteiger partial charge in [-0.1, -0.05) is 25.5 Å². The third-order valence-electron chi connectivity index (χ3n) is 2.03. The van der Waals surface area contributed by atoms with Crippen LogP contribution in [0.15, 0.2) is 11.6 Å². The molecule has 1 heterocycles. The molecule has 1 aliphatic heterocycles. The van der Waals surface area contributed by atoms with Crippen LogP contribution in [-0.4, -0.2) is 13.1 Å². The summed E-state index contributed by atoms with van der Waals surface area (Å²) in [7, 11) is 0. The summed E-state index contributed by atoms with van der Waals surface area (Å²) in [6.45, 7) is 6.82. The minimum absolute atomic E-state index is 0.727. The molecular formula is C9H17N. The van der Waals surface area contributed by atoms with Gasteiger partial charge >= 0.3 is 0 Å². The SMILES string of the molecule is CC(C)C1=CCCCNC1. The molecule has 0 atom stereocenters. The van der Waals surface area contributed by atoms with E-state index in [2.05, 4.69) is 25.2 Å². The van der Waals surface area contributed by atoms with Crippen molar-refractivity contribution < 1.29 is 0 Å². The molecule has 58 valence electrons. The van der Waals surface area contributed by atoms with Gasteiger partial charge < -0.3 is 5.32 Å². The second-order valence-corrected chi connectivity index (χ2v) is 3.25. The Bertz CT molecular complexity index is 125. The molecule has 0 aromatic rings. The van der Waals surface area contributed by atoms with E-state index in [4.69, 9.17) is 0 Å². The monoisotopic (exact) mass is 139 g/mol. The quantitative estimate of drug-likeness (QED) is 0.547. The van der Waals surface area contributed by atoms with Gasteiger partial charge in [0.15, 0.2) is 0 Å². The van der Waals surface area contributed by atoms with Crippen LogP contribution < -0.4 is 5.32 Å². The molecule has 0 unspecified atom stereocenters. The predicted octanol–water partition coefficient (Wildman–Crippen LogP) is 1.95. The largest absolute Gasteiger partial charge is 0.313 e. The molecule has 0 bridgehead atoms. The van der Waals surface area contributed by atoms with Crippen LogP contribution in [0.3, 0.4) is 0 Å². The van der Waals surface area contributed by atoms with E-state index in [1.807, 2.05) is 0 Å². The van der Waals surface area contributed by atoms with E-state index in [0.717, 1.165) is 12.5 Å². The molecule has 10 heavy (non-hydrogen) atoms. The highest BCUT2D eigenvalue weighted by Gasteiger charge is 2.04. The summed E-state index contributed by atoms with van der Waals surface area (Å²) in [5.41, 5.74) is 1.58. The molecule has 1 nitrogen and oxygen atoms in total. The summed E-state index contributed by atoms with van der Waals surface area (Å²) < 4.78 is 0. The normalized spacial score (nSPS) is 20.5. The lowest BCUT2D eigenvalue weighted by Crippen LogP contribution is -2.18. The summed E-state index contributed by atoms with van der Waals surface area (Å²) >= 11 is 0. The molecule has 0 spiro atoms. The first-order valence-electron chi connectivity index (χ1n) is 4.20. The first kappa shape index (κ1) is 7.80. The molecule has 1 heteroatoms. The van der Waals surface area contributed by atoms with Gasteiger partial charge in [-0.15, -0.1) is 0 Å². The standard InChI is InChI=1S/C9H17N/c1-8(2)9-5-3-4-6-10-7-9/h5,8,10H,3-4,6-7H2,1-2H3. The van der Waals surface area contributed by atoms with E-state index in [-0.39, 0.29) is 0 Å². The van der Waals surface area contributed by atoms with Crippen molar-refractivity contribution in [2.24, 2.45) is 5.92 Å². The average molecular weight is 139 g/mol. The number of hydrogen-bond donors (Lipinski definition) is 1. The third kappa shape index (κ3) is 2.14. The summed E-state index contributed by atoms with van der Waals surface area (Å²) in [6.07, 6.45) is 4.96. The fraction of sp³-hybridized carbons (Fsp3) is 0.778. The lowest BCUT2D eigenvalue weighted by atomic mass is 10.0. The summed E-state index contributed by atoms with van der Waals surface area (Å²) in [4.78, 5) is 0. The number of allylic oxidation sites excluding steroid dienone is 1. The van der Waals surface area contributed by atoms with E-state index in [1.165, 1.54) is 19.4 Å². The second kappa shape index (κ2) is 3.77. The van der Waals surface area contributed by atoms with E-state index in [1.54, 1.807) is 5.57 Å². The van der Waals surface area contributed by atoms with Crippen molar-refractivity contribution in [3.63, 3.8) is 0 Å². The lowest BCUT2D eigenvalue weighted by Gasteiger charge is -2.08. The topological polar surface area (TPSA) is 12.0 Å². The van der Waals surface area contributed by atoms with Crippen molar-refractivity contribution in [3.05, 3.63) is 11.6 Å². The smallest absolute Gasteiger partial charge is 0.0167 e. The van der Waals surface area contributed by atoms with E-state index < -0.39 is 0 Å². The zero-order chi connectivity index (χ0) is 7.40. The molecule has 0 aromatic heterocycles. The van der Waals surface area contributed by atoms with Gasteiger partial charge in [0.05, 0.1) is 0 Å². The Balaban J connectivity index is 2.46. The Kier molecular flexibility index (Phi) is 2.94. The summed E-state index contributed by atoms with van der Waals surface area (Å²) in [6, 6.07) is 0. The molecule has 0 fully saturated rings. The maximum atomic E-state index is 3.41. The lowest BCUT2D eigenvalue weighted by molar-refractivity contribution is 0.669. The Hall–Kier alpha value is -0.300. The molecule has 0 amide bonds. The van der Waals surface area contributed by atoms with Gasteiger partial charge in [-0.25, -0.2) is 0 Å². The van der Waals surface area contributed by atoms with Crippen molar-refractivity contribution >= 4 is 0 Å². The molecule has 1 N–H and O–H groups in total. The fourth-order valence-corrected chi connectivity index (χ4v) is 1.26. The average Bonchev–Trinajstić information content (AvgIpc) is 2.12. The minimum Gasteiger partial charge on any atom is -0.313 e. The molecule has 0 aliphatic carbocycles. The van der Waals surface area contributed by atoms with Crippen LogP contribution in [0.1, 0.15) is 26.7 Å². The minimum atomic E-state index is 0.727. The Labute approximate surface area is 63.5 Å². The van der Waals surface area contributed by atoms with Gasteiger partial charge in [-0.3, -0.25) is 0 Å². The Morgan fingerprint density at radius 2 is 2.30 bits per heavy atom. The van der Waals surface area contributed by atoms with Crippen LogP contribution in [0, 0.1) is 5.92 Å². The van der Waals surface area contributed by atoms with Crippen molar-refractivity contribution in [1.29, 1.82) is 0 Å². The van der Waals surface area contributed by atoms with E-state index in [9.17, 15) is 0 Å². The molecule has 1 aliphatic rings. The molecule has 0 saturated carbocycles. The first-order chi connectivity index (χ1) is 4.80. The number of hydrogen-bond acceptors (Lipinski definition) is 1. The van der Waals surface area contributed by atoms with Crippen LogP contribution in [-0.2, 0) is 0 Å². The van der Waals surface area contributed by atoms with Gasteiger partial charge in [-0.05, 0) is 25.3 Å². The summed E-state index contributed by atoms with van der Waals surface area (Å²) in [5.74, 6) is 0.727. The molecule has 0 aromatic carbocycles. The maximum Gasteiger partial charge on any atom is 0.0167 e. The Morgan fingerprint density at radius 3 is 3.00 bits per heavy atom. The van der Waals surface area contributed by atoms with Gasteiger partial charge in [-0.2, -0.15) is 0 Å². The van der Waals surface area contributed by atoms with Crippen LogP contribution in [0.4, 0.5) is 0 Å². The van der Waals surface area contributed by atoms with E-state index >= 15 is 0 Å². The van der Waals surface area contributed by atoms with Gasteiger partial charge in [0, 0.05) is 6.54 Å². The number of rotatable bonds is 1. The summed E-state index contributed by atoms with van der Waals surface area (Å²) in [5, 5.41) is 3.41. The maximum absolute atomic E-state index is 3.41. The van der Waals surface area contributed by atoms with Crippen molar-refractivity contribution in [3.8, 4) is 0 Å². The van der Waals surface area contributed by atoms with Crippen LogP contribution >= 0.6 is 0 Å². The highest BCUT2D eigenvalue weighted by molar-refractivity contribution is 5.08. The van der Waals surface area contributed by atoms with Gasteiger partial charge in [0.25, 0.3) is 0 Å². The zero-order valence-corrected chi connectivity index (χ0v) is 6.98. The van der Waals surface area contributed by atoms with Crippen LogP contribution in [0.5, 0.6) is 0 Å². The van der Waals surface area contributed by atoms with Crippen LogP contribution in [0.2, 0.25) is 0 Å². The molecule has 0 saturated heterocycles. The molecule has 1 rings (SSSR count). The highest BCUT2D eigenvalue weighted by atomic mass is 14.8. The van der Waals surface area contributed by atoms with Crippen LogP contribution in [0.25, 0.3) is 0 Å². The van der Waals surface area contributed by atoms with Crippen molar-refractivity contribution in [2.45, 2.75) is 26.7 Å². The third-order valence-corrected chi connectivity index (χ3v) is 2.03. The highest BCUT2D eigenvalue weighted by Crippen LogP contribution is 2.11. The van der Waals surface area contributed by atoms with Crippen molar-refractivity contribution in [1.82, 2.24) is 5.32 Å². The zero-order valence-electron chi connectivity index (χ0n) is 6.98. The van der Waals surface area contributed by atoms with E-state index in [0.29, 0.717) is 0 Å². The molecule has 0 radical (unpaired) electrons. The predicted molar refractivity (Wildman–Crippen MR) is 45.0 cm³/mol. The fourth-order valence-electron chi connectivity index (χ4n) is 1.26. The number of nitrogens with one attached hydrogen (secondary N) is 1. The first-order valence-corrected chi connectivity index (χ1v) is 4.20. The second-order valence-electron chi connectivity index (χ2n) is 3.25. The van der Waals surface area contributed by atoms with Gasteiger partial charge in [0.1, 0.15) is 0 Å². The van der Waals surface area contributed by atoms with Crippen molar-refractivity contribution in [2.75, 3.05) is 13.1 Å². The van der Waals surface area contributed by atoms with Gasteiger partial charge in [0.2, 0.25) is 0 Å². The molecular weight excluding hydrogens is 122 g/mol. The Morgan fingerprint density at radius 1 is 1.50 bits per heavy atom.